The van der Waals surface area contributed by atoms with Gasteiger partial charge in [0.2, 0.25) is 5.76 Å². The zero-order chi connectivity index (χ0) is 23.1. The summed E-state index contributed by atoms with van der Waals surface area (Å²) in [6.45, 7) is 14.5. The maximum absolute atomic E-state index is 12.6. The molecule has 6 nitrogen and oxygen atoms in total. The number of nitrogens with zero attached hydrogens (tertiary/aromatic N) is 1. The molecule has 0 atom stereocenters. The molecule has 170 valence electrons. The Bertz CT molecular complexity index is 772. The number of unbranched alkanes of at least 4 members (excludes halogenated alkanes) is 2. The minimum absolute atomic E-state index is 0.0181. The van der Waals surface area contributed by atoms with Crippen LogP contribution in [-0.2, 0) is 9.47 Å². The van der Waals surface area contributed by atoms with Crippen LogP contribution in [-0.4, -0.2) is 31.8 Å². The SMILES string of the molecule is CC.CC.CCCCCN(C(=O)OCC)c1c(C(=O)OCC)oc2ccc(Br)cc12. The molecule has 0 saturated carbocycles. The highest BCUT2D eigenvalue weighted by molar-refractivity contribution is 9.10. The van der Waals surface area contributed by atoms with E-state index in [2.05, 4.69) is 22.9 Å². The molecule has 0 aliphatic rings. The number of carbonyl (C=O) groups is 2. The number of anilines is 1. The lowest BCUT2D eigenvalue weighted by Crippen LogP contribution is -2.33. The summed E-state index contributed by atoms with van der Waals surface area (Å²) >= 11 is 3.43. The van der Waals surface area contributed by atoms with E-state index < -0.39 is 12.1 Å². The number of esters is 1. The van der Waals surface area contributed by atoms with Gasteiger partial charge in [-0.3, -0.25) is 4.90 Å². The first-order valence-electron chi connectivity index (χ1n) is 10.9. The predicted molar refractivity (Wildman–Crippen MR) is 126 cm³/mol. The third-order valence-corrected chi connectivity index (χ3v) is 4.32. The van der Waals surface area contributed by atoms with Crippen LogP contribution in [0.4, 0.5) is 10.5 Å². The molecular formula is C23H36BrNO5. The van der Waals surface area contributed by atoms with Gasteiger partial charge in [-0.1, -0.05) is 63.4 Å². The van der Waals surface area contributed by atoms with Gasteiger partial charge in [-0.05, 0) is 38.5 Å². The molecule has 2 rings (SSSR count). The average Bonchev–Trinajstić information content (AvgIpc) is 3.13. The smallest absolute Gasteiger partial charge is 0.414 e. The van der Waals surface area contributed by atoms with E-state index in [9.17, 15) is 9.59 Å². The highest BCUT2D eigenvalue weighted by Crippen LogP contribution is 2.37. The summed E-state index contributed by atoms with van der Waals surface area (Å²) in [7, 11) is 0. The first-order valence-corrected chi connectivity index (χ1v) is 11.7. The van der Waals surface area contributed by atoms with Gasteiger partial charge in [-0.2, -0.15) is 0 Å². The standard InChI is InChI=1S/C19H24BrNO5.2C2H6/c1-4-7-8-11-21(19(23)25-6-3)16-14-12-13(20)9-10-15(14)26-17(16)18(22)24-5-2;2*1-2/h9-10,12H,4-8,11H2,1-3H3;2*1-2H3. The predicted octanol–water partition coefficient (Wildman–Crippen LogP) is 7.58. The summed E-state index contributed by atoms with van der Waals surface area (Å²) in [5.74, 6) is -0.580. The van der Waals surface area contributed by atoms with E-state index >= 15 is 0 Å². The molecule has 0 radical (unpaired) electrons. The third-order valence-electron chi connectivity index (χ3n) is 3.83. The number of rotatable bonds is 8. The normalized spacial score (nSPS) is 9.73. The Kier molecular flexibility index (Phi) is 14.7. The average molecular weight is 486 g/mol. The topological polar surface area (TPSA) is 69.0 Å². The highest BCUT2D eigenvalue weighted by Gasteiger charge is 2.30. The number of hydrogen-bond acceptors (Lipinski definition) is 5. The van der Waals surface area contributed by atoms with Crippen LogP contribution in [0.2, 0.25) is 0 Å². The number of furan rings is 1. The first kappa shape index (κ1) is 28.0. The number of amides is 1. The molecule has 0 bridgehead atoms. The van der Waals surface area contributed by atoms with Crippen molar-refractivity contribution in [2.24, 2.45) is 0 Å². The molecule has 1 aromatic carbocycles. The molecule has 7 heteroatoms. The minimum atomic E-state index is -0.598. The van der Waals surface area contributed by atoms with Crippen LogP contribution in [0.5, 0.6) is 0 Å². The van der Waals surface area contributed by atoms with Crippen molar-refractivity contribution in [1.29, 1.82) is 0 Å². The summed E-state index contributed by atoms with van der Waals surface area (Å²) in [5.41, 5.74) is 0.908. The molecular weight excluding hydrogens is 450 g/mol. The second kappa shape index (κ2) is 15.8. The lowest BCUT2D eigenvalue weighted by molar-refractivity contribution is 0.0493. The van der Waals surface area contributed by atoms with E-state index in [1.165, 1.54) is 4.90 Å². The number of ether oxygens (including phenoxy) is 2. The van der Waals surface area contributed by atoms with E-state index in [1.54, 1.807) is 19.9 Å². The van der Waals surface area contributed by atoms with Gasteiger partial charge in [0.05, 0.1) is 13.2 Å². The van der Waals surface area contributed by atoms with E-state index in [1.807, 2.05) is 39.8 Å². The Morgan fingerprint density at radius 2 is 1.63 bits per heavy atom. The maximum atomic E-state index is 12.6. The Balaban J connectivity index is 0.00000198. The fraction of sp³-hybridized carbons (Fsp3) is 0.565. The van der Waals surface area contributed by atoms with E-state index in [4.69, 9.17) is 13.9 Å². The summed E-state index contributed by atoms with van der Waals surface area (Å²) in [4.78, 5) is 26.5. The van der Waals surface area contributed by atoms with Crippen LogP contribution in [0.1, 0.15) is 78.3 Å². The van der Waals surface area contributed by atoms with Gasteiger partial charge in [0, 0.05) is 16.4 Å². The summed E-state index contributed by atoms with van der Waals surface area (Å²) in [6, 6.07) is 5.39. The molecule has 0 aliphatic carbocycles. The monoisotopic (exact) mass is 485 g/mol. The Morgan fingerprint density at radius 3 is 2.20 bits per heavy atom. The Hall–Kier alpha value is -2.02. The van der Waals surface area contributed by atoms with Crippen molar-refractivity contribution in [1.82, 2.24) is 0 Å². The van der Waals surface area contributed by atoms with E-state index in [-0.39, 0.29) is 19.0 Å². The van der Waals surface area contributed by atoms with Gasteiger partial charge in [-0.25, -0.2) is 9.59 Å². The van der Waals surface area contributed by atoms with Gasteiger partial charge < -0.3 is 13.9 Å². The van der Waals surface area contributed by atoms with Gasteiger partial charge in [-0.15, -0.1) is 0 Å². The number of halogens is 1. The van der Waals surface area contributed by atoms with Gasteiger partial charge in [0.25, 0.3) is 0 Å². The van der Waals surface area contributed by atoms with Gasteiger partial charge in [0.1, 0.15) is 11.3 Å². The van der Waals surface area contributed by atoms with E-state index in [0.717, 1.165) is 23.7 Å². The largest absolute Gasteiger partial charge is 0.460 e. The van der Waals surface area contributed by atoms with E-state index in [0.29, 0.717) is 23.2 Å². The molecule has 30 heavy (non-hydrogen) atoms. The number of carbonyl (C=O) groups excluding carboxylic acids is 2. The minimum Gasteiger partial charge on any atom is -0.460 e. The van der Waals surface area contributed by atoms with Crippen molar-refractivity contribution in [3.05, 3.63) is 28.4 Å². The number of benzene rings is 1. The number of fused-ring (bicyclic) bond motifs is 1. The van der Waals surface area contributed by atoms with Crippen LogP contribution in [0.15, 0.2) is 27.1 Å². The van der Waals surface area contributed by atoms with Crippen molar-refractivity contribution in [2.45, 2.75) is 67.7 Å². The molecule has 0 saturated heterocycles. The molecule has 2 aromatic rings. The van der Waals surface area contributed by atoms with Crippen molar-refractivity contribution in [3.8, 4) is 0 Å². The zero-order valence-corrected chi connectivity index (χ0v) is 20.9. The van der Waals surface area contributed by atoms with Crippen LogP contribution < -0.4 is 4.90 Å². The third kappa shape index (κ3) is 7.67. The van der Waals surface area contributed by atoms with Crippen LogP contribution in [0.3, 0.4) is 0 Å². The van der Waals surface area contributed by atoms with Crippen LogP contribution >= 0.6 is 15.9 Å². The fourth-order valence-corrected chi connectivity index (χ4v) is 3.04. The zero-order valence-electron chi connectivity index (χ0n) is 19.3. The molecule has 1 amide bonds. The quantitative estimate of drug-likeness (QED) is 0.284. The fourth-order valence-electron chi connectivity index (χ4n) is 2.68. The molecule has 1 aromatic heterocycles. The van der Waals surface area contributed by atoms with Crippen molar-refractivity contribution in [3.63, 3.8) is 0 Å². The highest BCUT2D eigenvalue weighted by atomic mass is 79.9. The lowest BCUT2D eigenvalue weighted by atomic mass is 10.2. The first-order chi connectivity index (χ1) is 14.5. The molecule has 0 spiro atoms. The van der Waals surface area contributed by atoms with Crippen LogP contribution in [0.25, 0.3) is 11.0 Å². The lowest BCUT2D eigenvalue weighted by Gasteiger charge is -2.21. The molecule has 0 unspecified atom stereocenters. The van der Waals surface area contributed by atoms with Crippen molar-refractivity contribution < 1.29 is 23.5 Å². The second-order valence-corrected chi connectivity index (χ2v) is 6.61. The van der Waals surface area contributed by atoms with Gasteiger partial charge in [0.15, 0.2) is 0 Å². The Labute approximate surface area is 189 Å². The molecule has 0 fully saturated rings. The van der Waals surface area contributed by atoms with Crippen molar-refractivity contribution in [2.75, 3.05) is 24.7 Å². The molecule has 0 N–H and O–H groups in total. The second-order valence-electron chi connectivity index (χ2n) is 5.70. The summed E-state index contributed by atoms with van der Waals surface area (Å²) < 4.78 is 16.9. The summed E-state index contributed by atoms with van der Waals surface area (Å²) in [6.07, 6.45) is 2.26. The van der Waals surface area contributed by atoms with Crippen molar-refractivity contribution >= 4 is 44.6 Å². The van der Waals surface area contributed by atoms with Gasteiger partial charge >= 0.3 is 12.1 Å². The molecule has 1 heterocycles. The Morgan fingerprint density at radius 1 is 1.00 bits per heavy atom. The molecule has 0 aliphatic heterocycles. The number of hydrogen-bond donors (Lipinski definition) is 0. The summed E-state index contributed by atoms with van der Waals surface area (Å²) in [5, 5.41) is 0.659. The maximum Gasteiger partial charge on any atom is 0.414 e. The van der Waals surface area contributed by atoms with Crippen LogP contribution in [0, 0.1) is 0 Å².